The number of para-hydroxylation sites is 1. The van der Waals surface area contributed by atoms with E-state index in [-0.39, 0.29) is 53.7 Å². The topological polar surface area (TPSA) is 95.6 Å². The van der Waals surface area contributed by atoms with Gasteiger partial charge in [-0.1, -0.05) is 30.3 Å². The molecule has 5 nitrogen and oxygen atoms in total. The molecule has 0 saturated heterocycles. The minimum absolute atomic E-state index is 0. The summed E-state index contributed by atoms with van der Waals surface area (Å²) in [6.07, 6.45) is 2.60. The Morgan fingerprint density at radius 1 is 1.26 bits per heavy atom. The quantitative estimate of drug-likeness (QED) is 0.489. The van der Waals surface area contributed by atoms with Gasteiger partial charge in [0.05, 0.1) is 12.1 Å². The first kappa shape index (κ1) is 21.9. The molecule has 0 radical (unpaired) electrons. The molecule has 0 amide bonds. The van der Waals surface area contributed by atoms with E-state index in [1.54, 1.807) is 12.1 Å². The number of aryl methyl sites for hydroxylation is 1. The Labute approximate surface area is 181 Å². The first-order valence-corrected chi connectivity index (χ1v) is 9.00. The molecule has 3 N–H and O–H groups in total. The van der Waals surface area contributed by atoms with Gasteiger partial charge in [-0.3, -0.25) is 0 Å². The molecule has 1 aliphatic carbocycles. The largest absolute Gasteiger partial charge is 1.00 e. The number of carboxylic acids is 1. The maximum atomic E-state index is 11.2. The van der Waals surface area contributed by atoms with Gasteiger partial charge in [-0.2, -0.15) is 0 Å². The third kappa shape index (κ3) is 5.80. The van der Waals surface area contributed by atoms with Crippen molar-refractivity contribution in [2.45, 2.75) is 37.8 Å². The molecule has 3 atom stereocenters. The standard InChI is InChI=1S/C21H25NO4.Na/c22-20-15(11-17(23)13-26-18-7-2-1-3-8-18)6-4-5-14-9-10-16(21(24)25)12-19(14)20;/h1-3,7-10,12,15,17,20,23H,4-6,11,13,22H2,(H,24,25);/q;+1/p-1/t15?,17-,20?;/m0./s1. The second-order valence-electron chi connectivity index (χ2n) is 6.89. The molecule has 0 heterocycles. The van der Waals surface area contributed by atoms with Gasteiger partial charge in [0, 0.05) is 6.04 Å². The zero-order valence-corrected chi connectivity index (χ0v) is 17.6. The van der Waals surface area contributed by atoms with Crippen LogP contribution in [0.1, 0.15) is 46.8 Å². The molecule has 0 aromatic heterocycles. The van der Waals surface area contributed by atoms with Gasteiger partial charge in [-0.05, 0) is 66.5 Å². The van der Waals surface area contributed by atoms with Crippen molar-refractivity contribution < 1.29 is 49.3 Å². The van der Waals surface area contributed by atoms with Crippen LogP contribution in [-0.4, -0.2) is 23.8 Å². The Balaban J connectivity index is 0.00000261. The van der Waals surface area contributed by atoms with Crippen molar-refractivity contribution in [3.63, 3.8) is 0 Å². The molecular weight excluding hydrogens is 353 g/mol. The molecule has 2 unspecified atom stereocenters. The van der Waals surface area contributed by atoms with Crippen molar-refractivity contribution in [1.82, 2.24) is 0 Å². The monoisotopic (exact) mass is 377 g/mol. The van der Waals surface area contributed by atoms with Crippen LogP contribution in [0, 0.1) is 5.92 Å². The van der Waals surface area contributed by atoms with Crippen LogP contribution in [0.15, 0.2) is 48.5 Å². The SMILES string of the molecule is NC1c2cc(C(=O)[O-])ccc2CCCC1C[C@H](O)COc1ccccc1.[Na+]. The smallest absolute Gasteiger partial charge is 0.545 e. The van der Waals surface area contributed by atoms with E-state index in [0.29, 0.717) is 6.42 Å². The van der Waals surface area contributed by atoms with Crippen molar-refractivity contribution in [1.29, 1.82) is 0 Å². The van der Waals surface area contributed by atoms with E-state index >= 15 is 0 Å². The second-order valence-corrected chi connectivity index (χ2v) is 6.89. The normalized spacial score (nSPS) is 19.9. The van der Waals surface area contributed by atoms with Crippen molar-refractivity contribution in [2.75, 3.05) is 6.61 Å². The molecule has 27 heavy (non-hydrogen) atoms. The van der Waals surface area contributed by atoms with E-state index in [0.717, 1.165) is 36.1 Å². The van der Waals surface area contributed by atoms with Crippen LogP contribution in [-0.2, 0) is 6.42 Å². The zero-order chi connectivity index (χ0) is 18.5. The molecule has 0 bridgehead atoms. The summed E-state index contributed by atoms with van der Waals surface area (Å²) in [6, 6.07) is 14.1. The Kier molecular flexibility index (Phi) is 8.32. The van der Waals surface area contributed by atoms with E-state index in [9.17, 15) is 15.0 Å². The Morgan fingerprint density at radius 3 is 2.70 bits per heavy atom. The number of hydrogen-bond donors (Lipinski definition) is 2. The van der Waals surface area contributed by atoms with Gasteiger partial charge >= 0.3 is 29.6 Å². The van der Waals surface area contributed by atoms with Gasteiger partial charge in [-0.25, -0.2) is 0 Å². The third-order valence-corrected chi connectivity index (χ3v) is 5.03. The molecule has 0 saturated carbocycles. The summed E-state index contributed by atoms with van der Waals surface area (Å²) in [5.74, 6) is -0.402. The molecule has 138 valence electrons. The molecule has 3 rings (SSSR count). The number of fused-ring (bicyclic) bond motifs is 1. The number of aliphatic hydroxyl groups excluding tert-OH is 1. The van der Waals surface area contributed by atoms with E-state index < -0.39 is 12.1 Å². The number of hydrogen-bond acceptors (Lipinski definition) is 5. The Bertz CT molecular complexity index is 753. The molecule has 6 heteroatoms. The summed E-state index contributed by atoms with van der Waals surface area (Å²) >= 11 is 0. The molecular formula is C21H24NNaO4. The fraction of sp³-hybridized carbons (Fsp3) is 0.381. The number of carbonyl (C=O) groups excluding carboxylic acids is 1. The van der Waals surface area contributed by atoms with Crippen LogP contribution in [0.3, 0.4) is 0 Å². The number of carbonyl (C=O) groups is 1. The van der Waals surface area contributed by atoms with Crippen LogP contribution < -0.4 is 45.1 Å². The summed E-state index contributed by atoms with van der Waals surface area (Å²) in [6.45, 7) is 0.208. The summed E-state index contributed by atoms with van der Waals surface area (Å²) in [7, 11) is 0. The van der Waals surface area contributed by atoms with E-state index in [4.69, 9.17) is 10.5 Å². The van der Waals surface area contributed by atoms with Crippen molar-refractivity contribution in [2.24, 2.45) is 11.7 Å². The van der Waals surface area contributed by atoms with Crippen LogP contribution in [0.25, 0.3) is 0 Å². The molecule has 0 spiro atoms. The number of ether oxygens (including phenoxy) is 1. The maximum absolute atomic E-state index is 11.2. The molecule has 1 aliphatic rings. The fourth-order valence-corrected chi connectivity index (χ4v) is 3.64. The van der Waals surface area contributed by atoms with Gasteiger partial charge in [0.25, 0.3) is 0 Å². The minimum Gasteiger partial charge on any atom is -0.545 e. The number of nitrogens with two attached hydrogens (primary N) is 1. The average molecular weight is 377 g/mol. The number of benzene rings is 2. The Hall–Kier alpha value is -1.37. The van der Waals surface area contributed by atoms with Gasteiger partial charge in [0.2, 0.25) is 0 Å². The molecule has 2 aromatic carbocycles. The summed E-state index contributed by atoms with van der Waals surface area (Å²) in [4.78, 5) is 11.2. The van der Waals surface area contributed by atoms with Crippen molar-refractivity contribution in [3.05, 3.63) is 65.2 Å². The van der Waals surface area contributed by atoms with E-state index in [1.165, 1.54) is 0 Å². The van der Waals surface area contributed by atoms with Gasteiger partial charge in [0.15, 0.2) is 0 Å². The first-order valence-electron chi connectivity index (χ1n) is 9.00. The van der Waals surface area contributed by atoms with Crippen molar-refractivity contribution in [3.8, 4) is 5.75 Å². The van der Waals surface area contributed by atoms with Gasteiger partial charge in [-0.15, -0.1) is 0 Å². The van der Waals surface area contributed by atoms with E-state index in [2.05, 4.69) is 0 Å². The predicted molar refractivity (Wildman–Crippen MR) is 96.7 cm³/mol. The maximum Gasteiger partial charge on any atom is 1.00 e. The molecule has 0 fully saturated rings. The van der Waals surface area contributed by atoms with Gasteiger partial charge < -0.3 is 25.5 Å². The number of carboxylic acid groups (broad SMARTS) is 1. The van der Waals surface area contributed by atoms with E-state index in [1.807, 2.05) is 36.4 Å². The van der Waals surface area contributed by atoms with Gasteiger partial charge in [0.1, 0.15) is 12.4 Å². The number of rotatable bonds is 6. The van der Waals surface area contributed by atoms with Crippen LogP contribution in [0.2, 0.25) is 0 Å². The number of aromatic carboxylic acids is 1. The molecule has 0 aliphatic heterocycles. The minimum atomic E-state index is -1.20. The first-order chi connectivity index (χ1) is 12.5. The number of aliphatic hydroxyl groups is 1. The van der Waals surface area contributed by atoms with Crippen LogP contribution >= 0.6 is 0 Å². The summed E-state index contributed by atoms with van der Waals surface area (Å²) in [5.41, 5.74) is 8.53. The fourth-order valence-electron chi connectivity index (χ4n) is 3.64. The Morgan fingerprint density at radius 2 is 2.00 bits per heavy atom. The summed E-state index contributed by atoms with van der Waals surface area (Å²) < 4.78 is 5.62. The van der Waals surface area contributed by atoms with Crippen LogP contribution in [0.4, 0.5) is 0 Å². The zero-order valence-electron chi connectivity index (χ0n) is 15.6. The van der Waals surface area contributed by atoms with Crippen LogP contribution in [0.5, 0.6) is 5.75 Å². The molecule has 2 aromatic rings. The predicted octanol–water partition coefficient (Wildman–Crippen LogP) is -1.16. The average Bonchev–Trinajstić information content (AvgIpc) is 2.80. The van der Waals surface area contributed by atoms with Crippen molar-refractivity contribution >= 4 is 5.97 Å². The third-order valence-electron chi connectivity index (χ3n) is 5.03. The summed E-state index contributed by atoms with van der Waals surface area (Å²) in [5, 5.41) is 21.5. The second kappa shape index (κ2) is 10.2.